The lowest BCUT2D eigenvalue weighted by Crippen LogP contribution is -2.44. The number of aromatic nitrogens is 1. The van der Waals surface area contributed by atoms with Crippen molar-refractivity contribution < 1.29 is 14.1 Å². The summed E-state index contributed by atoms with van der Waals surface area (Å²) in [7, 11) is 1.44. The minimum absolute atomic E-state index is 0.144. The van der Waals surface area contributed by atoms with Crippen molar-refractivity contribution in [3.8, 4) is 0 Å². The van der Waals surface area contributed by atoms with Crippen LogP contribution in [-0.2, 0) is 0 Å². The first kappa shape index (κ1) is 13.2. The van der Waals surface area contributed by atoms with Gasteiger partial charge in [-0.3, -0.25) is 9.69 Å². The van der Waals surface area contributed by atoms with Crippen LogP contribution in [-0.4, -0.2) is 47.0 Å². The maximum absolute atomic E-state index is 11.9. The summed E-state index contributed by atoms with van der Waals surface area (Å²) in [6, 6.07) is 1.18. The molecule has 0 N–H and O–H groups in total. The van der Waals surface area contributed by atoms with Crippen LogP contribution in [0.2, 0.25) is 0 Å². The summed E-state index contributed by atoms with van der Waals surface area (Å²) in [5.74, 6) is 0.0794. The maximum Gasteiger partial charge on any atom is 0.326 e. The quantitative estimate of drug-likeness (QED) is 0.802. The third kappa shape index (κ3) is 2.83. The van der Waals surface area contributed by atoms with Crippen molar-refractivity contribution in [2.24, 2.45) is 0 Å². The van der Waals surface area contributed by atoms with Crippen LogP contribution in [0.1, 0.15) is 30.1 Å². The summed E-state index contributed by atoms with van der Waals surface area (Å²) < 4.78 is 4.81. The van der Waals surface area contributed by atoms with Gasteiger partial charge in [-0.05, 0) is 20.8 Å². The molecule has 0 radical (unpaired) electrons. The molecule has 0 aliphatic rings. The molecule has 6 nitrogen and oxygen atoms in total. The van der Waals surface area contributed by atoms with Gasteiger partial charge in [0.2, 0.25) is 0 Å². The molecule has 1 rings (SSSR count). The van der Waals surface area contributed by atoms with E-state index in [0.717, 1.165) is 4.90 Å². The van der Waals surface area contributed by atoms with Gasteiger partial charge in [0.25, 0.3) is 5.91 Å². The highest BCUT2D eigenvalue weighted by atomic mass is 16.5. The number of urea groups is 1. The van der Waals surface area contributed by atoms with E-state index in [2.05, 4.69) is 5.16 Å². The zero-order chi connectivity index (χ0) is 13.0. The lowest BCUT2D eigenvalue weighted by molar-refractivity contribution is 0.0789. The van der Waals surface area contributed by atoms with Crippen LogP contribution >= 0.6 is 0 Å². The Labute approximate surface area is 100 Å². The molecular weight excluding hydrogens is 222 g/mol. The summed E-state index contributed by atoms with van der Waals surface area (Å²) in [6.45, 7) is 6.53. The van der Waals surface area contributed by atoms with E-state index >= 15 is 0 Å². The second-order valence-electron chi connectivity index (χ2n) is 3.64. The average Bonchev–Trinajstić information content (AvgIpc) is 2.75. The number of carbonyl (C=O) groups excluding carboxylic acids is 2. The normalized spacial score (nSPS) is 10.1. The number of nitrogens with zero attached hydrogens (tertiary/aromatic N) is 3. The Bertz CT molecular complexity index is 410. The van der Waals surface area contributed by atoms with Crippen LogP contribution in [0, 0.1) is 6.92 Å². The highest BCUT2D eigenvalue weighted by Gasteiger charge is 2.24. The Morgan fingerprint density at radius 1 is 1.35 bits per heavy atom. The van der Waals surface area contributed by atoms with Crippen LogP contribution in [0.5, 0.6) is 0 Å². The van der Waals surface area contributed by atoms with Crippen molar-refractivity contribution >= 4 is 11.9 Å². The SMILES string of the molecule is CCN(CC)C(=O)N(C)C(=O)c1cc(C)on1. The van der Waals surface area contributed by atoms with E-state index in [1.54, 1.807) is 11.8 Å². The molecule has 0 saturated heterocycles. The topological polar surface area (TPSA) is 66.7 Å². The molecular formula is C11H17N3O3. The second kappa shape index (κ2) is 5.47. The van der Waals surface area contributed by atoms with Gasteiger partial charge in [0, 0.05) is 26.2 Å². The Balaban J connectivity index is 2.79. The number of hydrogen-bond acceptors (Lipinski definition) is 4. The van der Waals surface area contributed by atoms with Crippen LogP contribution < -0.4 is 0 Å². The van der Waals surface area contributed by atoms with Crippen LogP contribution in [0.25, 0.3) is 0 Å². The van der Waals surface area contributed by atoms with Gasteiger partial charge in [-0.15, -0.1) is 0 Å². The van der Waals surface area contributed by atoms with Gasteiger partial charge in [-0.1, -0.05) is 5.16 Å². The van der Waals surface area contributed by atoms with E-state index in [-0.39, 0.29) is 11.7 Å². The zero-order valence-corrected chi connectivity index (χ0v) is 10.6. The monoisotopic (exact) mass is 239 g/mol. The summed E-state index contributed by atoms with van der Waals surface area (Å²) in [4.78, 5) is 26.4. The van der Waals surface area contributed by atoms with Crippen molar-refractivity contribution in [2.75, 3.05) is 20.1 Å². The van der Waals surface area contributed by atoms with E-state index < -0.39 is 5.91 Å². The predicted molar refractivity (Wildman–Crippen MR) is 61.7 cm³/mol. The number of imide groups is 1. The smallest absolute Gasteiger partial charge is 0.326 e. The van der Waals surface area contributed by atoms with Crippen molar-refractivity contribution in [3.05, 3.63) is 17.5 Å². The first-order valence-electron chi connectivity index (χ1n) is 5.51. The third-order valence-corrected chi connectivity index (χ3v) is 2.47. The first-order valence-corrected chi connectivity index (χ1v) is 5.51. The maximum atomic E-state index is 11.9. The molecule has 0 atom stereocenters. The van der Waals surface area contributed by atoms with Crippen LogP contribution in [0.3, 0.4) is 0 Å². The first-order chi connectivity index (χ1) is 8.01. The summed E-state index contributed by atoms with van der Waals surface area (Å²) in [6.07, 6.45) is 0. The van der Waals surface area contributed by atoms with Gasteiger partial charge in [0.15, 0.2) is 5.69 Å². The Morgan fingerprint density at radius 3 is 2.35 bits per heavy atom. The number of carbonyl (C=O) groups is 2. The summed E-state index contributed by atoms with van der Waals surface area (Å²) in [5.41, 5.74) is 0.144. The molecule has 0 unspecified atom stereocenters. The molecule has 3 amide bonds. The summed E-state index contributed by atoms with van der Waals surface area (Å²) in [5, 5.41) is 3.59. The predicted octanol–water partition coefficient (Wildman–Crippen LogP) is 1.52. The fourth-order valence-corrected chi connectivity index (χ4v) is 1.43. The highest BCUT2D eigenvalue weighted by molar-refractivity contribution is 6.02. The Hall–Kier alpha value is -1.85. The van der Waals surface area contributed by atoms with Gasteiger partial charge in [-0.2, -0.15) is 0 Å². The minimum atomic E-state index is -0.459. The van der Waals surface area contributed by atoms with E-state index in [1.807, 2.05) is 13.8 Å². The molecule has 17 heavy (non-hydrogen) atoms. The standard InChI is InChI=1S/C11H17N3O3/c1-5-14(6-2)11(16)13(4)10(15)9-7-8(3)17-12-9/h7H,5-6H2,1-4H3. The van der Waals surface area contributed by atoms with E-state index in [1.165, 1.54) is 13.1 Å². The van der Waals surface area contributed by atoms with Crippen molar-refractivity contribution in [3.63, 3.8) is 0 Å². The Morgan fingerprint density at radius 2 is 1.94 bits per heavy atom. The molecule has 0 spiro atoms. The largest absolute Gasteiger partial charge is 0.361 e. The Kier molecular flexibility index (Phi) is 4.25. The lowest BCUT2D eigenvalue weighted by Gasteiger charge is -2.24. The van der Waals surface area contributed by atoms with Crippen molar-refractivity contribution in [2.45, 2.75) is 20.8 Å². The van der Waals surface area contributed by atoms with Gasteiger partial charge < -0.3 is 9.42 Å². The molecule has 0 fully saturated rings. The van der Waals surface area contributed by atoms with Crippen molar-refractivity contribution in [1.82, 2.24) is 15.0 Å². The molecule has 1 aromatic heterocycles. The van der Waals surface area contributed by atoms with Crippen molar-refractivity contribution in [1.29, 1.82) is 0 Å². The van der Waals surface area contributed by atoms with Crippen LogP contribution in [0.4, 0.5) is 4.79 Å². The number of rotatable bonds is 3. The molecule has 0 bridgehead atoms. The molecule has 0 saturated carbocycles. The number of aryl methyl sites for hydroxylation is 1. The fraction of sp³-hybridized carbons (Fsp3) is 0.545. The second-order valence-corrected chi connectivity index (χ2v) is 3.64. The molecule has 1 aromatic rings. The number of amides is 3. The molecule has 6 heteroatoms. The minimum Gasteiger partial charge on any atom is -0.361 e. The number of hydrogen-bond donors (Lipinski definition) is 0. The summed E-state index contributed by atoms with van der Waals surface area (Å²) >= 11 is 0. The third-order valence-electron chi connectivity index (χ3n) is 2.47. The van der Waals surface area contributed by atoms with E-state index in [9.17, 15) is 9.59 Å². The van der Waals surface area contributed by atoms with Crippen LogP contribution in [0.15, 0.2) is 10.6 Å². The molecule has 0 aromatic carbocycles. The molecule has 0 aliphatic heterocycles. The fourth-order valence-electron chi connectivity index (χ4n) is 1.43. The van der Waals surface area contributed by atoms with Gasteiger partial charge in [-0.25, -0.2) is 4.79 Å². The average molecular weight is 239 g/mol. The van der Waals surface area contributed by atoms with E-state index in [4.69, 9.17) is 4.52 Å². The molecule has 0 aliphatic carbocycles. The van der Waals surface area contributed by atoms with Gasteiger partial charge in [0.1, 0.15) is 5.76 Å². The molecule has 1 heterocycles. The lowest BCUT2D eigenvalue weighted by atomic mass is 10.3. The van der Waals surface area contributed by atoms with Gasteiger partial charge >= 0.3 is 6.03 Å². The highest BCUT2D eigenvalue weighted by Crippen LogP contribution is 2.06. The van der Waals surface area contributed by atoms with E-state index in [0.29, 0.717) is 18.8 Å². The van der Waals surface area contributed by atoms with Gasteiger partial charge in [0.05, 0.1) is 0 Å². The zero-order valence-electron chi connectivity index (χ0n) is 10.6. The molecule has 94 valence electrons.